The maximum Gasteiger partial charge on any atom is 0.265 e. The number of carbonyl (C=O) groups is 2. The Morgan fingerprint density at radius 1 is 0.692 bits per heavy atom. The van der Waals surface area contributed by atoms with Crippen LogP contribution in [0.3, 0.4) is 0 Å². The number of hydrogen-bond donors (Lipinski definition) is 1. The van der Waals surface area contributed by atoms with Gasteiger partial charge in [-0.2, -0.15) is 0 Å². The molecule has 6 nitrogen and oxygen atoms in total. The molecule has 1 N–H and O–H groups in total. The van der Waals surface area contributed by atoms with E-state index in [2.05, 4.69) is 10.3 Å². The number of benzene rings is 4. The normalized spacial score (nSPS) is 12.8. The van der Waals surface area contributed by atoms with Crippen LogP contribution in [-0.4, -0.2) is 21.8 Å². The van der Waals surface area contributed by atoms with Crippen molar-refractivity contribution in [2.24, 2.45) is 0 Å². The number of pyridine rings is 2. The van der Waals surface area contributed by atoms with Crippen molar-refractivity contribution in [3.8, 4) is 11.1 Å². The molecular weight excluding hydrogens is 508 g/mol. The molecule has 2 aromatic heterocycles. The van der Waals surface area contributed by atoms with Crippen LogP contribution in [0.2, 0.25) is 5.02 Å². The van der Waals surface area contributed by atoms with Crippen molar-refractivity contribution in [3.05, 3.63) is 125 Å². The fraction of sp³-hybridized carbons (Fsp3) is 0. The minimum Gasteiger partial charge on any atom is -0.340 e. The molecule has 2 amide bonds. The molecule has 0 radical (unpaired) electrons. The van der Waals surface area contributed by atoms with Gasteiger partial charge in [-0.15, -0.1) is 0 Å². The van der Waals surface area contributed by atoms with Crippen molar-refractivity contribution in [1.82, 2.24) is 9.97 Å². The van der Waals surface area contributed by atoms with Gasteiger partial charge in [-0.3, -0.25) is 9.59 Å². The first-order valence-corrected chi connectivity index (χ1v) is 12.7. The monoisotopic (exact) mass is 526 g/mol. The molecule has 0 atom stereocenters. The average molecular weight is 527 g/mol. The summed E-state index contributed by atoms with van der Waals surface area (Å²) in [7, 11) is 0. The lowest BCUT2D eigenvalue weighted by atomic mass is 9.94. The highest BCUT2D eigenvalue weighted by Crippen LogP contribution is 2.35. The first kappa shape index (κ1) is 23.1. The summed E-state index contributed by atoms with van der Waals surface area (Å²) in [6.07, 6.45) is 1.71. The summed E-state index contributed by atoms with van der Waals surface area (Å²) in [5.41, 5.74) is 4.74. The quantitative estimate of drug-likeness (QED) is 0.239. The number of fused-ring (bicyclic) bond motifs is 1. The summed E-state index contributed by atoms with van der Waals surface area (Å²) in [6.45, 7) is 0. The molecule has 4 aromatic carbocycles. The number of halogens is 1. The first-order valence-electron chi connectivity index (χ1n) is 12.4. The third-order valence-corrected chi connectivity index (χ3v) is 7.16. The average Bonchev–Trinajstić information content (AvgIpc) is 2.97. The molecule has 7 rings (SSSR count). The molecule has 0 unspecified atom stereocenters. The molecule has 0 saturated heterocycles. The van der Waals surface area contributed by atoms with E-state index in [1.165, 1.54) is 4.90 Å². The van der Waals surface area contributed by atoms with Crippen molar-refractivity contribution in [2.45, 2.75) is 0 Å². The number of rotatable bonds is 4. The number of hydrogen-bond acceptors (Lipinski definition) is 5. The van der Waals surface area contributed by atoms with Crippen LogP contribution >= 0.6 is 11.6 Å². The molecule has 7 heteroatoms. The van der Waals surface area contributed by atoms with Crippen LogP contribution in [0.5, 0.6) is 0 Å². The van der Waals surface area contributed by atoms with Crippen LogP contribution in [0.1, 0.15) is 20.7 Å². The van der Waals surface area contributed by atoms with Gasteiger partial charge in [0.25, 0.3) is 11.8 Å². The highest BCUT2D eigenvalue weighted by Gasteiger charge is 2.33. The van der Waals surface area contributed by atoms with Gasteiger partial charge in [0.1, 0.15) is 5.82 Å². The van der Waals surface area contributed by atoms with Gasteiger partial charge in [0.05, 0.1) is 5.69 Å². The summed E-state index contributed by atoms with van der Waals surface area (Å²) in [5.74, 6) is -0.0448. The molecule has 0 fully saturated rings. The molecule has 0 bridgehead atoms. The third-order valence-electron chi connectivity index (χ3n) is 6.90. The number of aromatic nitrogens is 2. The van der Waals surface area contributed by atoms with E-state index in [9.17, 15) is 9.59 Å². The Labute approximate surface area is 228 Å². The lowest BCUT2D eigenvalue weighted by Crippen LogP contribution is -2.40. The van der Waals surface area contributed by atoms with Crippen molar-refractivity contribution >= 4 is 62.4 Å². The van der Waals surface area contributed by atoms with Gasteiger partial charge in [-0.1, -0.05) is 48.0 Å². The highest BCUT2D eigenvalue weighted by atomic mass is 35.5. The summed E-state index contributed by atoms with van der Waals surface area (Å²) in [5, 5.41) is 6.54. The predicted octanol–water partition coefficient (Wildman–Crippen LogP) is 7.65. The maximum atomic E-state index is 13.4. The Morgan fingerprint density at radius 3 is 2.05 bits per heavy atom. The molecular formula is C32H19ClN4O2. The number of nitrogens with one attached hydrogen (secondary N) is 1. The molecule has 0 spiro atoms. The van der Waals surface area contributed by atoms with Gasteiger partial charge in [-0.05, 0) is 77.7 Å². The number of amides is 2. The van der Waals surface area contributed by atoms with E-state index in [1.807, 2.05) is 78.9 Å². The zero-order valence-electron chi connectivity index (χ0n) is 20.4. The van der Waals surface area contributed by atoms with Gasteiger partial charge >= 0.3 is 0 Å². The molecule has 3 heterocycles. The SMILES string of the molecule is O=C1c2cccc3cccc(c23)C(=O)N1c1ccc(Nc2nc3ncccc3cc2-c2ccc(Cl)cc2)cc1. The van der Waals surface area contributed by atoms with Crippen LogP contribution in [0.25, 0.3) is 32.9 Å². The largest absolute Gasteiger partial charge is 0.340 e. The van der Waals surface area contributed by atoms with Gasteiger partial charge in [0, 0.05) is 44.4 Å². The topological polar surface area (TPSA) is 75.2 Å². The maximum absolute atomic E-state index is 13.4. The molecule has 186 valence electrons. The van der Waals surface area contributed by atoms with Gasteiger partial charge < -0.3 is 5.32 Å². The minimum absolute atomic E-state index is 0.336. The molecule has 0 aliphatic carbocycles. The third kappa shape index (κ3) is 3.90. The van der Waals surface area contributed by atoms with Gasteiger partial charge in [0.2, 0.25) is 0 Å². The lowest BCUT2D eigenvalue weighted by molar-refractivity contribution is 0.0893. The van der Waals surface area contributed by atoms with Crippen LogP contribution in [0.4, 0.5) is 17.2 Å². The predicted molar refractivity (Wildman–Crippen MR) is 155 cm³/mol. The van der Waals surface area contributed by atoms with Crippen LogP contribution in [0.15, 0.2) is 109 Å². The molecule has 6 aromatic rings. The lowest BCUT2D eigenvalue weighted by Gasteiger charge is -2.27. The first-order chi connectivity index (χ1) is 19.1. The second-order valence-corrected chi connectivity index (χ2v) is 9.70. The number of imide groups is 1. The Morgan fingerprint density at radius 2 is 1.36 bits per heavy atom. The van der Waals surface area contributed by atoms with E-state index in [0.717, 1.165) is 27.6 Å². The Balaban J connectivity index is 1.25. The van der Waals surface area contributed by atoms with Crippen molar-refractivity contribution in [1.29, 1.82) is 0 Å². The molecule has 1 aliphatic rings. The summed E-state index contributed by atoms with van der Waals surface area (Å²) >= 11 is 6.12. The van der Waals surface area contributed by atoms with Gasteiger partial charge in [0.15, 0.2) is 5.65 Å². The number of carbonyl (C=O) groups excluding carboxylic acids is 2. The zero-order valence-corrected chi connectivity index (χ0v) is 21.2. The fourth-order valence-electron chi connectivity index (χ4n) is 5.05. The van der Waals surface area contributed by atoms with E-state index < -0.39 is 0 Å². The van der Waals surface area contributed by atoms with Crippen molar-refractivity contribution in [3.63, 3.8) is 0 Å². The Hall–Kier alpha value is -5.07. The van der Waals surface area contributed by atoms with E-state index in [0.29, 0.717) is 38.7 Å². The van der Waals surface area contributed by atoms with Crippen molar-refractivity contribution in [2.75, 3.05) is 10.2 Å². The second-order valence-electron chi connectivity index (χ2n) is 9.27. The van der Waals surface area contributed by atoms with Crippen LogP contribution in [0, 0.1) is 0 Å². The van der Waals surface area contributed by atoms with Crippen LogP contribution < -0.4 is 10.2 Å². The highest BCUT2D eigenvalue weighted by molar-refractivity contribution is 6.35. The minimum atomic E-state index is -0.336. The van der Waals surface area contributed by atoms with E-state index >= 15 is 0 Å². The number of nitrogens with zero attached hydrogens (tertiary/aromatic N) is 3. The molecule has 0 saturated carbocycles. The second kappa shape index (κ2) is 9.04. The van der Waals surface area contributed by atoms with E-state index in [-0.39, 0.29) is 11.8 Å². The smallest absolute Gasteiger partial charge is 0.265 e. The summed E-state index contributed by atoms with van der Waals surface area (Å²) in [6, 6.07) is 31.7. The number of anilines is 3. The fourth-order valence-corrected chi connectivity index (χ4v) is 5.17. The van der Waals surface area contributed by atoms with E-state index in [4.69, 9.17) is 16.6 Å². The molecule has 39 heavy (non-hydrogen) atoms. The van der Waals surface area contributed by atoms with Gasteiger partial charge in [-0.25, -0.2) is 14.9 Å². The standard InChI is InChI=1S/C32H19ClN4O2/c33-22-11-9-19(10-12-22)27-18-21-6-3-17-34-29(21)36-30(27)35-23-13-15-24(16-14-23)37-31(38)25-7-1-4-20-5-2-8-26(28(20)25)32(37)39/h1-18H,(H,34,35,36). The van der Waals surface area contributed by atoms with Crippen molar-refractivity contribution < 1.29 is 9.59 Å². The Kier molecular flexibility index (Phi) is 5.35. The van der Waals surface area contributed by atoms with Crippen LogP contribution in [-0.2, 0) is 0 Å². The van der Waals surface area contributed by atoms with E-state index in [1.54, 1.807) is 30.5 Å². The zero-order chi connectivity index (χ0) is 26.5. The summed E-state index contributed by atoms with van der Waals surface area (Å²) < 4.78 is 0. The molecule has 1 aliphatic heterocycles. The summed E-state index contributed by atoms with van der Waals surface area (Å²) in [4.78, 5) is 37.2. The Bertz CT molecular complexity index is 1890.